The minimum atomic E-state index is -3.08. The lowest BCUT2D eigenvalue weighted by atomic mass is 10.0. The third-order valence-corrected chi connectivity index (χ3v) is 6.29. The summed E-state index contributed by atoms with van der Waals surface area (Å²) in [4.78, 5) is 2.85. The summed E-state index contributed by atoms with van der Waals surface area (Å²) in [5, 5.41) is 3.51. The van der Waals surface area contributed by atoms with Crippen LogP contribution in [0.25, 0.3) is 0 Å². The van der Waals surface area contributed by atoms with Gasteiger partial charge in [0.1, 0.15) is 0 Å². The highest BCUT2D eigenvalue weighted by Gasteiger charge is 2.32. The zero-order valence-electron chi connectivity index (χ0n) is 11.9. The van der Waals surface area contributed by atoms with Crippen LogP contribution < -0.4 is 5.32 Å². The number of fused-ring (bicyclic) bond motifs is 1. The Kier molecular flexibility index (Phi) is 3.84. The Morgan fingerprint density at radius 3 is 2.85 bits per heavy atom. The van der Waals surface area contributed by atoms with Crippen LogP contribution in [0.1, 0.15) is 30.9 Å². The molecule has 5 heteroatoms. The van der Waals surface area contributed by atoms with Crippen molar-refractivity contribution in [1.29, 1.82) is 0 Å². The summed E-state index contributed by atoms with van der Waals surface area (Å²) in [5.74, 6) is 0.261. The molecule has 1 fully saturated rings. The minimum Gasteiger partial charge on any atom is -0.313 e. The number of nitrogens with one attached hydrogen (secondary N) is 1. The van der Waals surface area contributed by atoms with Gasteiger partial charge in [-0.05, 0) is 44.5 Å². The van der Waals surface area contributed by atoms with Gasteiger partial charge in [-0.15, -0.1) is 0 Å². The number of hydrogen-bond acceptors (Lipinski definition) is 4. The molecule has 2 unspecified atom stereocenters. The van der Waals surface area contributed by atoms with Crippen LogP contribution in [-0.4, -0.2) is 45.2 Å². The van der Waals surface area contributed by atoms with Crippen LogP contribution in [0.3, 0.4) is 0 Å². The molecule has 3 rings (SSSR count). The fourth-order valence-corrected chi connectivity index (χ4v) is 5.02. The maximum absolute atomic E-state index is 12.2. The summed E-state index contributed by atoms with van der Waals surface area (Å²) in [6.45, 7) is 2.09. The first kappa shape index (κ1) is 14.0. The zero-order chi connectivity index (χ0) is 14.2. The molecule has 0 saturated carbocycles. The lowest BCUT2D eigenvalue weighted by Gasteiger charge is -2.34. The second-order valence-electron chi connectivity index (χ2n) is 5.89. The topological polar surface area (TPSA) is 49.4 Å². The summed E-state index contributed by atoms with van der Waals surface area (Å²) >= 11 is 0. The van der Waals surface area contributed by atoms with Crippen LogP contribution >= 0.6 is 0 Å². The van der Waals surface area contributed by atoms with E-state index >= 15 is 0 Å². The largest absolute Gasteiger partial charge is 0.313 e. The van der Waals surface area contributed by atoms with Crippen molar-refractivity contribution < 1.29 is 8.42 Å². The van der Waals surface area contributed by atoms with Crippen molar-refractivity contribution in [2.24, 2.45) is 0 Å². The SMILES string of the molecule is CN(CC1CCCN1)C1CCS(=O)(=O)c2ccccc21. The molecule has 0 aliphatic carbocycles. The molecule has 0 spiro atoms. The van der Waals surface area contributed by atoms with Crippen molar-refractivity contribution in [2.75, 3.05) is 25.9 Å². The first-order valence-corrected chi connectivity index (χ1v) is 8.98. The van der Waals surface area contributed by atoms with E-state index in [1.54, 1.807) is 6.07 Å². The highest BCUT2D eigenvalue weighted by atomic mass is 32.2. The molecular weight excluding hydrogens is 272 g/mol. The fourth-order valence-electron chi connectivity index (χ4n) is 3.42. The quantitative estimate of drug-likeness (QED) is 0.920. The van der Waals surface area contributed by atoms with Crippen molar-refractivity contribution in [3.05, 3.63) is 29.8 Å². The number of sulfone groups is 1. The Hall–Kier alpha value is -0.910. The van der Waals surface area contributed by atoms with Crippen LogP contribution in [0.15, 0.2) is 29.2 Å². The number of rotatable bonds is 3. The monoisotopic (exact) mass is 294 g/mol. The van der Waals surface area contributed by atoms with Crippen molar-refractivity contribution in [3.8, 4) is 0 Å². The van der Waals surface area contributed by atoms with E-state index in [9.17, 15) is 8.42 Å². The van der Waals surface area contributed by atoms with Gasteiger partial charge in [0, 0.05) is 18.6 Å². The van der Waals surface area contributed by atoms with Crippen LogP contribution in [0.2, 0.25) is 0 Å². The van der Waals surface area contributed by atoms with Gasteiger partial charge in [0.05, 0.1) is 10.6 Å². The number of nitrogens with zero attached hydrogens (tertiary/aromatic N) is 1. The molecule has 1 aromatic carbocycles. The predicted octanol–water partition coefficient (Wildman–Crippen LogP) is 1.59. The van der Waals surface area contributed by atoms with Crippen LogP contribution in [-0.2, 0) is 9.84 Å². The van der Waals surface area contributed by atoms with Gasteiger partial charge in [-0.25, -0.2) is 8.42 Å². The molecule has 2 atom stereocenters. The van der Waals surface area contributed by atoms with Gasteiger partial charge in [0.25, 0.3) is 0 Å². The van der Waals surface area contributed by atoms with Crippen LogP contribution in [0.4, 0.5) is 0 Å². The van der Waals surface area contributed by atoms with Gasteiger partial charge in [-0.2, -0.15) is 0 Å². The fraction of sp³-hybridized carbons (Fsp3) is 0.600. The van der Waals surface area contributed by atoms with E-state index < -0.39 is 9.84 Å². The zero-order valence-corrected chi connectivity index (χ0v) is 12.7. The van der Waals surface area contributed by atoms with E-state index in [1.165, 1.54) is 12.8 Å². The first-order chi connectivity index (χ1) is 9.58. The molecule has 110 valence electrons. The lowest BCUT2D eigenvalue weighted by Crippen LogP contribution is -2.39. The maximum atomic E-state index is 12.2. The number of hydrogen-bond donors (Lipinski definition) is 1. The van der Waals surface area contributed by atoms with Crippen molar-refractivity contribution in [2.45, 2.75) is 36.2 Å². The third-order valence-electron chi connectivity index (χ3n) is 4.48. The van der Waals surface area contributed by atoms with Crippen LogP contribution in [0, 0.1) is 0 Å². The van der Waals surface area contributed by atoms with Crippen LogP contribution in [0.5, 0.6) is 0 Å². The first-order valence-electron chi connectivity index (χ1n) is 7.33. The normalized spacial score (nSPS) is 28.5. The molecule has 0 radical (unpaired) electrons. The highest BCUT2D eigenvalue weighted by Crippen LogP contribution is 2.35. The average molecular weight is 294 g/mol. The van der Waals surface area contributed by atoms with Gasteiger partial charge in [-0.1, -0.05) is 18.2 Å². The Bertz CT molecular complexity index is 579. The average Bonchev–Trinajstić information content (AvgIpc) is 2.92. The molecule has 0 aromatic heterocycles. The number of benzene rings is 1. The van der Waals surface area contributed by atoms with E-state index in [4.69, 9.17) is 0 Å². The van der Waals surface area contributed by atoms with Gasteiger partial charge < -0.3 is 5.32 Å². The molecule has 4 nitrogen and oxygen atoms in total. The second kappa shape index (κ2) is 5.47. The summed E-state index contributed by atoms with van der Waals surface area (Å²) < 4.78 is 24.3. The summed E-state index contributed by atoms with van der Waals surface area (Å²) in [6.07, 6.45) is 3.16. The number of likely N-dealkylation sites (N-methyl/N-ethyl adjacent to an activating group) is 1. The highest BCUT2D eigenvalue weighted by molar-refractivity contribution is 7.91. The van der Waals surface area contributed by atoms with Crippen molar-refractivity contribution in [3.63, 3.8) is 0 Å². The van der Waals surface area contributed by atoms with Crippen molar-refractivity contribution in [1.82, 2.24) is 10.2 Å². The Balaban J connectivity index is 1.84. The Morgan fingerprint density at radius 2 is 2.10 bits per heavy atom. The molecule has 1 N–H and O–H groups in total. The Morgan fingerprint density at radius 1 is 1.30 bits per heavy atom. The standard InChI is InChI=1S/C15H22N2O2S/c1-17(11-12-5-4-9-16-12)14-8-10-20(18,19)15-7-3-2-6-13(14)15/h2-3,6-7,12,14,16H,4-5,8-11H2,1H3. The van der Waals surface area contributed by atoms with Gasteiger partial charge in [-0.3, -0.25) is 4.90 Å². The van der Waals surface area contributed by atoms with Gasteiger partial charge in [0.2, 0.25) is 0 Å². The summed E-state index contributed by atoms with van der Waals surface area (Å²) in [7, 11) is -0.968. The molecular formula is C15H22N2O2S. The maximum Gasteiger partial charge on any atom is 0.178 e. The lowest BCUT2D eigenvalue weighted by molar-refractivity contribution is 0.214. The smallest absolute Gasteiger partial charge is 0.178 e. The minimum absolute atomic E-state index is 0.220. The molecule has 1 saturated heterocycles. The molecule has 0 amide bonds. The summed E-state index contributed by atoms with van der Waals surface area (Å²) in [5.41, 5.74) is 0.972. The van der Waals surface area contributed by atoms with Crippen molar-refractivity contribution >= 4 is 9.84 Å². The van der Waals surface area contributed by atoms with E-state index in [1.807, 2.05) is 18.2 Å². The molecule has 0 bridgehead atoms. The molecule has 1 aromatic rings. The van der Waals surface area contributed by atoms with E-state index in [-0.39, 0.29) is 11.8 Å². The van der Waals surface area contributed by atoms with E-state index in [0.29, 0.717) is 17.4 Å². The van der Waals surface area contributed by atoms with E-state index in [2.05, 4.69) is 17.3 Å². The third kappa shape index (κ3) is 2.62. The Labute approximate surface area is 121 Å². The molecule has 20 heavy (non-hydrogen) atoms. The van der Waals surface area contributed by atoms with E-state index in [0.717, 1.165) is 18.7 Å². The van der Waals surface area contributed by atoms with Gasteiger partial charge >= 0.3 is 0 Å². The molecule has 2 aliphatic rings. The molecule has 2 aliphatic heterocycles. The summed E-state index contributed by atoms with van der Waals surface area (Å²) in [6, 6.07) is 8.24. The molecule has 2 heterocycles. The second-order valence-corrected chi connectivity index (χ2v) is 7.97. The predicted molar refractivity (Wildman–Crippen MR) is 79.5 cm³/mol. The van der Waals surface area contributed by atoms with Gasteiger partial charge in [0.15, 0.2) is 9.84 Å².